The Bertz CT molecular complexity index is 538. The molecule has 2 aromatic heterocycles. The molecular formula is C10H13N7. The molecule has 1 N–H and O–H groups in total. The van der Waals surface area contributed by atoms with Gasteiger partial charge in [0.2, 0.25) is 0 Å². The summed E-state index contributed by atoms with van der Waals surface area (Å²) in [4.78, 5) is 2.33. The number of fused-ring (bicyclic) bond motifs is 2. The Kier molecular flexibility index (Phi) is 1.84. The van der Waals surface area contributed by atoms with Crippen LogP contribution >= 0.6 is 0 Å². The van der Waals surface area contributed by atoms with Gasteiger partial charge in [-0.2, -0.15) is 0 Å². The van der Waals surface area contributed by atoms with Crippen LogP contribution in [0, 0.1) is 11.8 Å². The predicted octanol–water partition coefficient (Wildman–Crippen LogP) is -0.825. The van der Waals surface area contributed by atoms with Crippen molar-refractivity contribution in [3.05, 3.63) is 12.1 Å². The molecule has 0 spiro atoms. The summed E-state index contributed by atoms with van der Waals surface area (Å²) in [7, 11) is 0. The van der Waals surface area contributed by atoms with Crippen molar-refractivity contribution in [3.8, 4) is 0 Å². The highest BCUT2D eigenvalue weighted by Crippen LogP contribution is 2.29. The highest BCUT2D eigenvalue weighted by molar-refractivity contribution is 5.45. The first-order valence-corrected chi connectivity index (χ1v) is 5.91. The normalized spacial score (nSPS) is 27.9. The van der Waals surface area contributed by atoms with Crippen molar-refractivity contribution in [3.63, 3.8) is 0 Å². The number of nitrogens with one attached hydrogen (secondary N) is 1. The predicted molar refractivity (Wildman–Crippen MR) is 60.6 cm³/mol. The summed E-state index contributed by atoms with van der Waals surface area (Å²) in [6.07, 6.45) is 0. The third-order valence-electron chi connectivity index (χ3n) is 3.77. The molecule has 2 fully saturated rings. The van der Waals surface area contributed by atoms with Gasteiger partial charge in [-0.05, 0) is 34.4 Å². The number of hydrogen-bond acceptors (Lipinski definition) is 6. The highest BCUT2D eigenvalue weighted by Gasteiger charge is 2.36. The molecule has 4 heterocycles. The molecule has 0 amide bonds. The van der Waals surface area contributed by atoms with E-state index in [1.807, 2.05) is 12.1 Å². The van der Waals surface area contributed by atoms with Gasteiger partial charge < -0.3 is 10.2 Å². The van der Waals surface area contributed by atoms with Crippen LogP contribution < -0.4 is 10.2 Å². The van der Waals surface area contributed by atoms with Gasteiger partial charge in [0.25, 0.3) is 0 Å². The van der Waals surface area contributed by atoms with Crippen LogP contribution in [0.4, 0.5) is 5.82 Å². The molecule has 0 aliphatic carbocycles. The lowest BCUT2D eigenvalue weighted by Gasteiger charge is -2.17. The number of aromatic nitrogens is 5. The van der Waals surface area contributed by atoms with Gasteiger partial charge in [0.05, 0.1) is 0 Å². The van der Waals surface area contributed by atoms with Gasteiger partial charge in [0, 0.05) is 26.2 Å². The zero-order valence-corrected chi connectivity index (χ0v) is 9.32. The molecule has 2 saturated heterocycles. The van der Waals surface area contributed by atoms with E-state index in [9.17, 15) is 0 Å². The molecule has 17 heavy (non-hydrogen) atoms. The summed E-state index contributed by atoms with van der Waals surface area (Å²) in [5.41, 5.74) is 0.690. The summed E-state index contributed by atoms with van der Waals surface area (Å²) in [5, 5.41) is 19.1. The van der Waals surface area contributed by atoms with Crippen LogP contribution in [-0.2, 0) is 0 Å². The summed E-state index contributed by atoms with van der Waals surface area (Å²) in [5.74, 6) is 2.50. The second-order valence-corrected chi connectivity index (χ2v) is 4.80. The van der Waals surface area contributed by atoms with Gasteiger partial charge in [-0.3, -0.25) is 0 Å². The molecule has 7 heteroatoms. The van der Waals surface area contributed by atoms with Gasteiger partial charge >= 0.3 is 0 Å². The second-order valence-electron chi connectivity index (χ2n) is 4.80. The Balaban J connectivity index is 1.66. The number of hydrogen-bond donors (Lipinski definition) is 1. The maximum Gasteiger partial charge on any atom is 0.200 e. The van der Waals surface area contributed by atoms with Gasteiger partial charge in [0.15, 0.2) is 11.5 Å². The molecule has 2 aliphatic rings. The summed E-state index contributed by atoms with van der Waals surface area (Å²) in [6.45, 7) is 4.43. The van der Waals surface area contributed by atoms with Crippen molar-refractivity contribution in [2.75, 3.05) is 31.1 Å². The summed E-state index contributed by atoms with van der Waals surface area (Å²) in [6, 6.07) is 3.91. The molecule has 7 nitrogen and oxygen atoms in total. The minimum Gasteiger partial charge on any atom is -0.354 e. The first-order valence-electron chi connectivity index (χ1n) is 5.91. The quantitative estimate of drug-likeness (QED) is 0.691. The monoisotopic (exact) mass is 231 g/mol. The van der Waals surface area contributed by atoms with E-state index in [-0.39, 0.29) is 0 Å². The Morgan fingerprint density at radius 1 is 1.18 bits per heavy atom. The molecule has 4 rings (SSSR count). The SMILES string of the molecule is c1cc2nnnn2nc1N1CC2CNCC2C1. The highest BCUT2D eigenvalue weighted by atomic mass is 15.6. The van der Waals surface area contributed by atoms with Crippen molar-refractivity contribution < 1.29 is 0 Å². The largest absolute Gasteiger partial charge is 0.354 e. The van der Waals surface area contributed by atoms with E-state index >= 15 is 0 Å². The zero-order chi connectivity index (χ0) is 11.2. The molecule has 0 saturated carbocycles. The Morgan fingerprint density at radius 3 is 2.82 bits per heavy atom. The maximum atomic E-state index is 4.43. The second kappa shape index (κ2) is 3.36. The van der Waals surface area contributed by atoms with E-state index in [0.29, 0.717) is 5.65 Å². The molecule has 2 unspecified atom stereocenters. The fraction of sp³-hybridized carbons (Fsp3) is 0.600. The van der Waals surface area contributed by atoms with Gasteiger partial charge in [-0.15, -0.1) is 14.8 Å². The summed E-state index contributed by atoms with van der Waals surface area (Å²) >= 11 is 0. The molecule has 0 aromatic carbocycles. The molecule has 0 radical (unpaired) electrons. The molecule has 0 bridgehead atoms. The lowest BCUT2D eigenvalue weighted by Crippen LogP contribution is -2.26. The van der Waals surface area contributed by atoms with Crippen LogP contribution in [0.3, 0.4) is 0 Å². The molecular weight excluding hydrogens is 218 g/mol. The summed E-state index contributed by atoms with van der Waals surface area (Å²) < 4.78 is 1.49. The average molecular weight is 231 g/mol. The minimum atomic E-state index is 0.690. The Labute approximate surface area is 97.8 Å². The van der Waals surface area contributed by atoms with Gasteiger partial charge in [0.1, 0.15) is 0 Å². The van der Waals surface area contributed by atoms with Gasteiger partial charge in [-0.25, -0.2) is 0 Å². The Morgan fingerprint density at radius 2 is 2.00 bits per heavy atom. The zero-order valence-electron chi connectivity index (χ0n) is 9.32. The fourth-order valence-electron chi connectivity index (χ4n) is 2.85. The standard InChI is InChI=1S/C10H13N7/c1-2-10(13-17-9(1)12-14-15-17)16-5-7-3-11-4-8(7)6-16/h1-2,7-8,11H,3-6H2. The first kappa shape index (κ1) is 9.29. The van der Waals surface area contributed by atoms with Gasteiger partial charge in [-0.1, -0.05) is 0 Å². The Hall–Kier alpha value is -1.76. The van der Waals surface area contributed by atoms with Crippen molar-refractivity contribution in [1.29, 1.82) is 0 Å². The smallest absolute Gasteiger partial charge is 0.200 e. The van der Waals surface area contributed by atoms with Crippen molar-refractivity contribution >= 4 is 11.5 Å². The van der Waals surface area contributed by atoms with Crippen molar-refractivity contribution in [2.45, 2.75) is 0 Å². The third kappa shape index (κ3) is 1.39. The lowest BCUT2D eigenvalue weighted by atomic mass is 10.0. The topological polar surface area (TPSA) is 71.2 Å². The number of rotatable bonds is 1. The van der Waals surface area contributed by atoms with E-state index in [1.165, 1.54) is 4.63 Å². The van der Waals surface area contributed by atoms with E-state index < -0.39 is 0 Å². The maximum absolute atomic E-state index is 4.43. The lowest BCUT2D eigenvalue weighted by molar-refractivity contribution is 0.533. The molecule has 2 aliphatic heterocycles. The fourth-order valence-corrected chi connectivity index (χ4v) is 2.85. The molecule has 2 aromatic rings. The van der Waals surface area contributed by atoms with Crippen molar-refractivity contribution in [1.82, 2.24) is 30.6 Å². The van der Waals surface area contributed by atoms with Crippen LogP contribution in [0.5, 0.6) is 0 Å². The average Bonchev–Trinajstić information content (AvgIpc) is 3.02. The number of tetrazole rings is 1. The van der Waals surface area contributed by atoms with Crippen LogP contribution in [0.2, 0.25) is 0 Å². The first-order chi connectivity index (χ1) is 8.40. The van der Waals surface area contributed by atoms with E-state index in [0.717, 1.165) is 43.8 Å². The number of anilines is 1. The van der Waals surface area contributed by atoms with Crippen LogP contribution in [-0.4, -0.2) is 51.4 Å². The van der Waals surface area contributed by atoms with Crippen LogP contribution in [0.25, 0.3) is 5.65 Å². The van der Waals surface area contributed by atoms with Crippen molar-refractivity contribution in [2.24, 2.45) is 11.8 Å². The third-order valence-corrected chi connectivity index (χ3v) is 3.77. The van der Waals surface area contributed by atoms with E-state index in [2.05, 4.69) is 30.8 Å². The van der Waals surface area contributed by atoms with E-state index in [4.69, 9.17) is 0 Å². The van der Waals surface area contributed by atoms with E-state index in [1.54, 1.807) is 0 Å². The molecule has 2 atom stereocenters. The number of nitrogens with zero attached hydrogens (tertiary/aromatic N) is 6. The minimum absolute atomic E-state index is 0.690. The van der Waals surface area contributed by atoms with Crippen LogP contribution in [0.15, 0.2) is 12.1 Å². The van der Waals surface area contributed by atoms with Crippen LogP contribution in [0.1, 0.15) is 0 Å². The molecule has 88 valence electrons.